The molecular formula is C20H27NO3. The van der Waals surface area contributed by atoms with Crippen molar-refractivity contribution >= 4 is 10.8 Å². The molecule has 1 fully saturated rings. The minimum absolute atomic E-state index is 0.310. The van der Waals surface area contributed by atoms with Gasteiger partial charge < -0.3 is 14.2 Å². The number of rotatable bonds is 7. The summed E-state index contributed by atoms with van der Waals surface area (Å²) in [6.45, 7) is 9.11. The van der Waals surface area contributed by atoms with Gasteiger partial charge in [-0.2, -0.15) is 0 Å². The molecule has 0 N–H and O–H groups in total. The molecule has 3 rings (SSSR count). The summed E-state index contributed by atoms with van der Waals surface area (Å²) in [6.07, 6.45) is 0.620. The second-order valence-corrected chi connectivity index (χ2v) is 6.49. The largest absolute Gasteiger partial charge is 0.491 e. The van der Waals surface area contributed by atoms with Crippen molar-refractivity contribution in [3.63, 3.8) is 0 Å². The summed E-state index contributed by atoms with van der Waals surface area (Å²) in [5.74, 6) is 0.896. The van der Waals surface area contributed by atoms with Crippen molar-refractivity contribution < 1.29 is 14.2 Å². The molecule has 0 unspecified atom stereocenters. The summed E-state index contributed by atoms with van der Waals surface area (Å²) in [7, 11) is 0. The summed E-state index contributed by atoms with van der Waals surface area (Å²) in [4.78, 5) is 2.41. The first-order valence-electron chi connectivity index (χ1n) is 8.78. The molecule has 2 atom stereocenters. The monoisotopic (exact) mass is 329 g/mol. The fraction of sp³-hybridized carbons (Fsp3) is 0.500. The van der Waals surface area contributed by atoms with Gasteiger partial charge in [0, 0.05) is 19.6 Å². The van der Waals surface area contributed by atoms with Crippen molar-refractivity contribution in [2.75, 3.05) is 39.5 Å². The molecule has 24 heavy (non-hydrogen) atoms. The number of nitrogens with zero attached hydrogens (tertiary/aromatic N) is 1. The molecule has 0 saturated carbocycles. The Labute approximate surface area is 144 Å². The minimum Gasteiger partial charge on any atom is -0.491 e. The molecule has 2 aromatic carbocycles. The highest BCUT2D eigenvalue weighted by atomic mass is 16.5. The molecule has 1 aliphatic heterocycles. The Morgan fingerprint density at radius 2 is 1.71 bits per heavy atom. The van der Waals surface area contributed by atoms with Gasteiger partial charge in [-0.3, -0.25) is 4.90 Å². The van der Waals surface area contributed by atoms with Crippen LogP contribution in [0.2, 0.25) is 0 Å². The van der Waals surface area contributed by atoms with Crippen LogP contribution < -0.4 is 4.74 Å². The van der Waals surface area contributed by atoms with Gasteiger partial charge in [0.2, 0.25) is 0 Å². The zero-order chi connectivity index (χ0) is 16.8. The molecule has 1 aliphatic rings. The van der Waals surface area contributed by atoms with Crippen LogP contribution in [-0.2, 0) is 9.47 Å². The van der Waals surface area contributed by atoms with E-state index in [-0.39, 0.29) is 0 Å². The first kappa shape index (κ1) is 17.2. The fourth-order valence-electron chi connectivity index (χ4n) is 3.24. The van der Waals surface area contributed by atoms with E-state index in [0.29, 0.717) is 25.4 Å². The van der Waals surface area contributed by atoms with Gasteiger partial charge in [0.15, 0.2) is 0 Å². The van der Waals surface area contributed by atoms with Gasteiger partial charge in [0.25, 0.3) is 0 Å². The molecule has 4 heteroatoms. The van der Waals surface area contributed by atoms with Gasteiger partial charge in [0.05, 0.1) is 25.4 Å². The Hall–Kier alpha value is -1.62. The number of morpholine rings is 1. The lowest BCUT2D eigenvalue weighted by Gasteiger charge is -2.35. The van der Waals surface area contributed by atoms with Crippen molar-refractivity contribution in [3.05, 3.63) is 42.5 Å². The average Bonchev–Trinajstić information content (AvgIpc) is 2.57. The van der Waals surface area contributed by atoms with E-state index in [1.165, 1.54) is 10.8 Å². The maximum absolute atomic E-state index is 5.78. The van der Waals surface area contributed by atoms with Gasteiger partial charge >= 0.3 is 0 Å². The number of fused-ring (bicyclic) bond motifs is 1. The highest BCUT2D eigenvalue weighted by Crippen LogP contribution is 2.20. The third-order valence-corrected chi connectivity index (χ3v) is 4.26. The Morgan fingerprint density at radius 3 is 2.50 bits per heavy atom. The molecule has 0 spiro atoms. The number of hydrogen-bond acceptors (Lipinski definition) is 4. The van der Waals surface area contributed by atoms with Gasteiger partial charge in [-0.25, -0.2) is 0 Å². The molecule has 0 aromatic heterocycles. The van der Waals surface area contributed by atoms with E-state index in [2.05, 4.69) is 43.0 Å². The topological polar surface area (TPSA) is 30.9 Å². The molecule has 130 valence electrons. The summed E-state index contributed by atoms with van der Waals surface area (Å²) in [5, 5.41) is 2.43. The summed E-state index contributed by atoms with van der Waals surface area (Å²) < 4.78 is 17.2. The van der Waals surface area contributed by atoms with Crippen molar-refractivity contribution in [2.45, 2.75) is 26.1 Å². The smallest absolute Gasteiger partial charge is 0.120 e. The van der Waals surface area contributed by atoms with Crippen molar-refractivity contribution in [3.8, 4) is 5.75 Å². The first-order chi connectivity index (χ1) is 11.7. The van der Waals surface area contributed by atoms with Crippen LogP contribution in [0.5, 0.6) is 5.75 Å². The number of ether oxygens (including phenoxy) is 3. The van der Waals surface area contributed by atoms with E-state index in [1.807, 2.05) is 18.2 Å². The average molecular weight is 329 g/mol. The SMILES string of the molecule is C[C@H]1CN(CCOCCOc2ccc3ccccc3c2)C[C@H](C)O1. The lowest BCUT2D eigenvalue weighted by atomic mass is 10.1. The predicted molar refractivity (Wildman–Crippen MR) is 96.7 cm³/mol. The molecular weight excluding hydrogens is 302 g/mol. The Kier molecular flexibility index (Phi) is 6.07. The molecule has 2 aromatic rings. The minimum atomic E-state index is 0.310. The van der Waals surface area contributed by atoms with Gasteiger partial charge in [-0.05, 0) is 36.8 Å². The van der Waals surface area contributed by atoms with Gasteiger partial charge in [0.1, 0.15) is 12.4 Å². The first-order valence-corrected chi connectivity index (χ1v) is 8.78. The molecule has 4 nitrogen and oxygen atoms in total. The second kappa shape index (κ2) is 8.47. The molecule has 0 bridgehead atoms. The van der Waals surface area contributed by atoms with Crippen LogP contribution in [0.15, 0.2) is 42.5 Å². The number of hydrogen-bond donors (Lipinski definition) is 0. The van der Waals surface area contributed by atoms with Crippen molar-refractivity contribution in [2.24, 2.45) is 0 Å². The predicted octanol–water partition coefficient (Wildman–Crippen LogP) is 3.34. The van der Waals surface area contributed by atoms with E-state index in [1.54, 1.807) is 0 Å². The number of benzene rings is 2. The van der Waals surface area contributed by atoms with E-state index in [4.69, 9.17) is 14.2 Å². The standard InChI is InChI=1S/C20H27NO3/c1-16-14-21(15-17(2)24-16)9-10-22-11-12-23-20-8-7-18-5-3-4-6-19(18)13-20/h3-8,13,16-17H,9-12,14-15H2,1-2H3/t16-,17-/m0/s1. The molecule has 1 saturated heterocycles. The highest BCUT2D eigenvalue weighted by molar-refractivity contribution is 5.83. The van der Waals surface area contributed by atoms with E-state index in [0.717, 1.165) is 32.0 Å². The molecule has 0 aliphatic carbocycles. The third-order valence-electron chi connectivity index (χ3n) is 4.26. The Morgan fingerprint density at radius 1 is 0.958 bits per heavy atom. The zero-order valence-corrected chi connectivity index (χ0v) is 14.6. The Balaban J connectivity index is 1.33. The molecule has 1 heterocycles. The lowest BCUT2D eigenvalue weighted by molar-refractivity contribution is -0.0734. The fourth-order valence-corrected chi connectivity index (χ4v) is 3.24. The van der Waals surface area contributed by atoms with Gasteiger partial charge in [-0.15, -0.1) is 0 Å². The third kappa shape index (κ3) is 4.94. The van der Waals surface area contributed by atoms with Crippen LogP contribution in [0.3, 0.4) is 0 Å². The van der Waals surface area contributed by atoms with E-state index >= 15 is 0 Å². The zero-order valence-electron chi connectivity index (χ0n) is 14.6. The molecule has 0 amide bonds. The molecule has 0 radical (unpaired) electrons. The van der Waals surface area contributed by atoms with Crippen LogP contribution in [-0.4, -0.2) is 56.6 Å². The van der Waals surface area contributed by atoms with E-state index in [9.17, 15) is 0 Å². The quantitative estimate of drug-likeness (QED) is 0.729. The maximum Gasteiger partial charge on any atom is 0.120 e. The maximum atomic E-state index is 5.78. The lowest BCUT2D eigenvalue weighted by Crippen LogP contribution is -2.46. The second-order valence-electron chi connectivity index (χ2n) is 6.49. The summed E-state index contributed by atoms with van der Waals surface area (Å²) in [6, 6.07) is 14.5. The van der Waals surface area contributed by atoms with E-state index < -0.39 is 0 Å². The van der Waals surface area contributed by atoms with Crippen LogP contribution in [0.25, 0.3) is 10.8 Å². The Bertz CT molecular complexity index is 636. The van der Waals surface area contributed by atoms with Crippen molar-refractivity contribution in [1.82, 2.24) is 4.90 Å². The van der Waals surface area contributed by atoms with Crippen LogP contribution >= 0.6 is 0 Å². The van der Waals surface area contributed by atoms with Crippen LogP contribution in [0.4, 0.5) is 0 Å². The van der Waals surface area contributed by atoms with Crippen LogP contribution in [0.1, 0.15) is 13.8 Å². The van der Waals surface area contributed by atoms with Gasteiger partial charge in [-0.1, -0.05) is 30.3 Å². The summed E-state index contributed by atoms with van der Waals surface area (Å²) >= 11 is 0. The summed E-state index contributed by atoms with van der Waals surface area (Å²) in [5.41, 5.74) is 0. The normalized spacial score (nSPS) is 21.9. The highest BCUT2D eigenvalue weighted by Gasteiger charge is 2.21. The van der Waals surface area contributed by atoms with Crippen LogP contribution in [0, 0.1) is 0 Å². The van der Waals surface area contributed by atoms with Crippen molar-refractivity contribution in [1.29, 1.82) is 0 Å².